The number of aromatic nitrogens is 2. The first kappa shape index (κ1) is 17.8. The van der Waals surface area contributed by atoms with E-state index in [0.29, 0.717) is 26.2 Å². The zero-order chi connectivity index (χ0) is 18.6. The number of amides is 2. The molecule has 0 aliphatic carbocycles. The SMILES string of the molecule is O=C(CN1CCOC1=O)N1CCN(c2cc(N3CCCCC3)ncn2)CC1. The van der Waals surface area contributed by atoms with E-state index in [1.807, 2.05) is 4.90 Å². The Hall–Kier alpha value is -2.58. The molecule has 9 nitrogen and oxygen atoms in total. The number of anilines is 2. The molecule has 0 N–H and O–H groups in total. The molecule has 3 aliphatic heterocycles. The van der Waals surface area contributed by atoms with Gasteiger partial charge in [0.15, 0.2) is 0 Å². The lowest BCUT2D eigenvalue weighted by molar-refractivity contribution is -0.132. The molecule has 9 heteroatoms. The van der Waals surface area contributed by atoms with Crippen LogP contribution >= 0.6 is 0 Å². The van der Waals surface area contributed by atoms with Gasteiger partial charge in [0.25, 0.3) is 0 Å². The van der Waals surface area contributed by atoms with E-state index in [-0.39, 0.29) is 12.5 Å². The Labute approximate surface area is 158 Å². The number of hydrogen-bond donors (Lipinski definition) is 0. The minimum Gasteiger partial charge on any atom is -0.448 e. The van der Waals surface area contributed by atoms with Crippen molar-refractivity contribution < 1.29 is 14.3 Å². The molecule has 0 unspecified atom stereocenters. The van der Waals surface area contributed by atoms with Crippen molar-refractivity contribution in [1.29, 1.82) is 0 Å². The third-order valence-corrected chi connectivity index (χ3v) is 5.45. The lowest BCUT2D eigenvalue weighted by atomic mass is 10.1. The van der Waals surface area contributed by atoms with Gasteiger partial charge in [-0.15, -0.1) is 0 Å². The van der Waals surface area contributed by atoms with Crippen molar-refractivity contribution in [1.82, 2.24) is 19.8 Å². The molecule has 4 rings (SSSR count). The zero-order valence-corrected chi connectivity index (χ0v) is 15.5. The molecule has 3 aliphatic rings. The van der Waals surface area contributed by atoms with E-state index < -0.39 is 6.09 Å². The van der Waals surface area contributed by atoms with Gasteiger partial charge in [0.2, 0.25) is 5.91 Å². The number of rotatable bonds is 4. The molecule has 2 amide bonds. The van der Waals surface area contributed by atoms with E-state index in [0.717, 1.165) is 37.8 Å². The van der Waals surface area contributed by atoms with E-state index in [4.69, 9.17) is 4.74 Å². The molecule has 0 radical (unpaired) electrons. The summed E-state index contributed by atoms with van der Waals surface area (Å²) < 4.78 is 4.88. The number of piperidine rings is 1. The van der Waals surface area contributed by atoms with Gasteiger partial charge >= 0.3 is 6.09 Å². The first-order valence-electron chi connectivity index (χ1n) is 9.72. The maximum Gasteiger partial charge on any atom is 0.410 e. The van der Waals surface area contributed by atoms with Crippen molar-refractivity contribution in [2.24, 2.45) is 0 Å². The van der Waals surface area contributed by atoms with Crippen LogP contribution in [-0.2, 0) is 9.53 Å². The third-order valence-electron chi connectivity index (χ3n) is 5.45. The molecule has 0 spiro atoms. The van der Waals surface area contributed by atoms with E-state index in [1.54, 1.807) is 6.33 Å². The van der Waals surface area contributed by atoms with Gasteiger partial charge in [0, 0.05) is 45.3 Å². The highest BCUT2D eigenvalue weighted by Crippen LogP contribution is 2.22. The highest BCUT2D eigenvalue weighted by Gasteiger charge is 2.28. The van der Waals surface area contributed by atoms with Crippen LogP contribution in [0, 0.1) is 0 Å². The van der Waals surface area contributed by atoms with Crippen molar-refractivity contribution in [3.63, 3.8) is 0 Å². The average molecular weight is 374 g/mol. The van der Waals surface area contributed by atoms with Gasteiger partial charge in [-0.1, -0.05) is 0 Å². The van der Waals surface area contributed by atoms with E-state index >= 15 is 0 Å². The molecule has 0 saturated carbocycles. The van der Waals surface area contributed by atoms with Crippen LogP contribution in [0.25, 0.3) is 0 Å². The fraction of sp³-hybridized carbons (Fsp3) is 0.667. The molecule has 146 valence electrons. The minimum atomic E-state index is -0.395. The summed E-state index contributed by atoms with van der Waals surface area (Å²) in [6, 6.07) is 2.06. The Morgan fingerprint density at radius 2 is 1.59 bits per heavy atom. The molecule has 1 aromatic rings. The third kappa shape index (κ3) is 4.06. The Kier molecular flexibility index (Phi) is 5.26. The van der Waals surface area contributed by atoms with Crippen molar-refractivity contribution in [3.8, 4) is 0 Å². The Balaban J connectivity index is 1.32. The van der Waals surface area contributed by atoms with Gasteiger partial charge in [-0.05, 0) is 19.3 Å². The number of ether oxygens (including phenoxy) is 1. The monoisotopic (exact) mass is 374 g/mol. The lowest BCUT2D eigenvalue weighted by Gasteiger charge is -2.36. The van der Waals surface area contributed by atoms with Crippen molar-refractivity contribution in [2.45, 2.75) is 19.3 Å². The van der Waals surface area contributed by atoms with Gasteiger partial charge < -0.3 is 19.4 Å². The fourth-order valence-corrected chi connectivity index (χ4v) is 3.82. The van der Waals surface area contributed by atoms with Crippen LogP contribution in [0.5, 0.6) is 0 Å². The first-order chi connectivity index (χ1) is 13.2. The van der Waals surface area contributed by atoms with Gasteiger partial charge in [0.05, 0.1) is 6.54 Å². The predicted octanol–water partition coefficient (Wildman–Crippen LogP) is 0.568. The summed E-state index contributed by atoms with van der Waals surface area (Å²) in [6.45, 7) is 5.79. The highest BCUT2D eigenvalue weighted by atomic mass is 16.6. The van der Waals surface area contributed by atoms with Crippen LogP contribution < -0.4 is 9.80 Å². The smallest absolute Gasteiger partial charge is 0.410 e. The lowest BCUT2D eigenvalue weighted by Crippen LogP contribution is -2.51. The number of carbonyl (C=O) groups excluding carboxylic acids is 2. The van der Waals surface area contributed by atoms with Crippen LogP contribution in [0.15, 0.2) is 12.4 Å². The molecule has 27 heavy (non-hydrogen) atoms. The second kappa shape index (κ2) is 7.98. The van der Waals surface area contributed by atoms with E-state index in [2.05, 4.69) is 25.8 Å². The second-order valence-electron chi connectivity index (χ2n) is 7.19. The molecular weight excluding hydrogens is 348 g/mol. The normalized spacial score (nSPS) is 20.8. The minimum absolute atomic E-state index is 0.0230. The summed E-state index contributed by atoms with van der Waals surface area (Å²) in [5.74, 6) is 1.89. The topological polar surface area (TPSA) is 82.1 Å². The average Bonchev–Trinajstić information content (AvgIpc) is 3.13. The number of hydrogen-bond acceptors (Lipinski definition) is 7. The predicted molar refractivity (Wildman–Crippen MR) is 99.8 cm³/mol. The Morgan fingerprint density at radius 1 is 0.926 bits per heavy atom. The molecule has 4 heterocycles. The summed E-state index contributed by atoms with van der Waals surface area (Å²) in [5, 5.41) is 0. The zero-order valence-electron chi connectivity index (χ0n) is 15.5. The van der Waals surface area contributed by atoms with Crippen LogP contribution in [0.2, 0.25) is 0 Å². The summed E-state index contributed by atoms with van der Waals surface area (Å²) in [4.78, 5) is 40.6. The largest absolute Gasteiger partial charge is 0.448 e. The maximum absolute atomic E-state index is 12.4. The molecule has 0 bridgehead atoms. The van der Waals surface area contributed by atoms with E-state index in [1.165, 1.54) is 24.2 Å². The summed E-state index contributed by atoms with van der Waals surface area (Å²) in [5.41, 5.74) is 0. The number of nitrogens with zero attached hydrogens (tertiary/aromatic N) is 6. The molecule has 3 saturated heterocycles. The van der Waals surface area contributed by atoms with Crippen molar-refractivity contribution in [3.05, 3.63) is 12.4 Å². The second-order valence-corrected chi connectivity index (χ2v) is 7.19. The van der Waals surface area contributed by atoms with Crippen LogP contribution in [0.1, 0.15) is 19.3 Å². The molecule has 1 aromatic heterocycles. The number of piperazine rings is 1. The number of cyclic esters (lactones) is 1. The highest BCUT2D eigenvalue weighted by molar-refractivity contribution is 5.83. The van der Waals surface area contributed by atoms with Crippen LogP contribution in [0.3, 0.4) is 0 Å². The maximum atomic E-state index is 12.4. The van der Waals surface area contributed by atoms with E-state index in [9.17, 15) is 9.59 Å². The Bertz CT molecular complexity index is 685. The van der Waals surface area contributed by atoms with Gasteiger partial charge in [0.1, 0.15) is 31.1 Å². The molecule has 3 fully saturated rings. The fourth-order valence-electron chi connectivity index (χ4n) is 3.82. The van der Waals surface area contributed by atoms with Crippen molar-refractivity contribution >= 4 is 23.6 Å². The van der Waals surface area contributed by atoms with Gasteiger partial charge in [-0.3, -0.25) is 9.69 Å². The summed E-state index contributed by atoms with van der Waals surface area (Å²) in [7, 11) is 0. The van der Waals surface area contributed by atoms with Crippen molar-refractivity contribution in [2.75, 3.05) is 68.8 Å². The van der Waals surface area contributed by atoms with Crippen LogP contribution in [-0.4, -0.2) is 90.7 Å². The van der Waals surface area contributed by atoms with Gasteiger partial charge in [-0.25, -0.2) is 14.8 Å². The molecular formula is C18H26N6O3. The van der Waals surface area contributed by atoms with Gasteiger partial charge in [-0.2, -0.15) is 0 Å². The van der Waals surface area contributed by atoms with Crippen LogP contribution in [0.4, 0.5) is 16.4 Å². The summed E-state index contributed by atoms with van der Waals surface area (Å²) in [6.07, 6.45) is 4.96. The Morgan fingerprint density at radius 3 is 2.22 bits per heavy atom. The number of carbonyl (C=O) groups is 2. The quantitative estimate of drug-likeness (QED) is 0.762. The summed E-state index contributed by atoms with van der Waals surface area (Å²) >= 11 is 0. The molecule has 0 aromatic carbocycles. The first-order valence-corrected chi connectivity index (χ1v) is 9.72. The standard InChI is InChI=1S/C18H26N6O3/c25-17(13-24-10-11-27-18(24)26)23-8-6-22(7-9-23)16-12-15(19-14-20-16)21-4-2-1-3-5-21/h12,14H,1-11,13H2. The molecule has 0 atom stereocenters.